The first-order chi connectivity index (χ1) is 12.2. The van der Waals surface area contributed by atoms with Crippen molar-refractivity contribution >= 4 is 39.3 Å². The molecule has 0 N–H and O–H groups in total. The molecule has 2 fully saturated rings. The molecule has 2 aliphatic heterocycles. The molecule has 0 bridgehead atoms. The number of carbonyl (C=O) groups excluding carboxylic acids is 1. The van der Waals surface area contributed by atoms with Crippen molar-refractivity contribution in [3.63, 3.8) is 0 Å². The van der Waals surface area contributed by atoms with E-state index in [0.717, 1.165) is 48.9 Å². The van der Waals surface area contributed by atoms with Gasteiger partial charge in [0.2, 0.25) is 5.91 Å². The van der Waals surface area contributed by atoms with Crippen LogP contribution in [-0.2, 0) is 4.79 Å². The van der Waals surface area contributed by atoms with Crippen molar-refractivity contribution in [2.24, 2.45) is 0 Å². The molecule has 0 spiro atoms. The van der Waals surface area contributed by atoms with E-state index in [9.17, 15) is 9.18 Å². The summed E-state index contributed by atoms with van der Waals surface area (Å²) >= 11 is 1.78. The highest BCUT2D eigenvalue weighted by Crippen LogP contribution is 2.40. The lowest BCUT2D eigenvalue weighted by atomic mass is 10.1. The number of benzene rings is 1. The number of thioether (sulfide) groups is 1. The van der Waals surface area contributed by atoms with Gasteiger partial charge in [0.25, 0.3) is 0 Å². The largest absolute Gasteiger partial charge is 0.342 e. The number of amides is 1. The van der Waals surface area contributed by atoms with Gasteiger partial charge in [-0.2, -0.15) is 11.8 Å². The van der Waals surface area contributed by atoms with Crippen molar-refractivity contribution in [3.05, 3.63) is 35.6 Å². The molecule has 0 aromatic heterocycles. The number of nitrogens with zero attached hydrogens (tertiary/aromatic N) is 1. The highest BCUT2D eigenvalue weighted by atomic mass is 33.1. The molecule has 3 rings (SSSR count). The molecule has 2 unspecified atom stereocenters. The van der Waals surface area contributed by atoms with Crippen LogP contribution in [0.3, 0.4) is 0 Å². The van der Waals surface area contributed by atoms with E-state index in [1.807, 2.05) is 38.6 Å². The van der Waals surface area contributed by atoms with E-state index >= 15 is 0 Å². The SMILES string of the molecule is O=C(CCCCC1CCSS1)N1CCSC(c2ccccc2F)CC1. The van der Waals surface area contributed by atoms with Gasteiger partial charge in [-0.05, 0) is 31.7 Å². The van der Waals surface area contributed by atoms with Crippen molar-refractivity contribution < 1.29 is 9.18 Å². The fraction of sp³-hybridized carbons (Fsp3) is 0.632. The molecular weight excluding hydrogens is 373 g/mol. The van der Waals surface area contributed by atoms with Gasteiger partial charge in [0.15, 0.2) is 0 Å². The Morgan fingerprint density at radius 2 is 2.04 bits per heavy atom. The molecule has 2 saturated heterocycles. The maximum Gasteiger partial charge on any atom is 0.222 e. The average Bonchev–Trinajstić information content (AvgIpc) is 3.02. The topological polar surface area (TPSA) is 20.3 Å². The molecule has 2 heterocycles. The van der Waals surface area contributed by atoms with Gasteiger partial charge in [0, 0.05) is 47.1 Å². The molecule has 138 valence electrons. The minimum absolute atomic E-state index is 0.122. The zero-order valence-corrected chi connectivity index (χ0v) is 16.9. The van der Waals surface area contributed by atoms with Gasteiger partial charge >= 0.3 is 0 Å². The molecule has 2 nitrogen and oxygen atoms in total. The number of hydrogen-bond acceptors (Lipinski definition) is 4. The summed E-state index contributed by atoms with van der Waals surface area (Å²) in [7, 11) is 4.00. The van der Waals surface area contributed by atoms with Crippen molar-refractivity contribution in [3.8, 4) is 0 Å². The normalized spacial score (nSPS) is 24.3. The second kappa shape index (κ2) is 10.1. The van der Waals surface area contributed by atoms with Crippen LogP contribution in [0.4, 0.5) is 4.39 Å². The quantitative estimate of drug-likeness (QED) is 0.462. The summed E-state index contributed by atoms with van der Waals surface area (Å²) < 4.78 is 14.0. The Bertz CT molecular complexity index is 565. The summed E-state index contributed by atoms with van der Waals surface area (Å²) in [5, 5.41) is 0.965. The summed E-state index contributed by atoms with van der Waals surface area (Å²) in [6.45, 7) is 1.55. The fourth-order valence-corrected chi connectivity index (χ4v) is 7.66. The highest BCUT2D eigenvalue weighted by Gasteiger charge is 2.23. The predicted octanol–water partition coefficient (Wildman–Crippen LogP) is 5.55. The van der Waals surface area contributed by atoms with E-state index in [0.29, 0.717) is 6.42 Å². The van der Waals surface area contributed by atoms with E-state index in [-0.39, 0.29) is 17.0 Å². The van der Waals surface area contributed by atoms with Crippen LogP contribution in [0.2, 0.25) is 0 Å². The van der Waals surface area contributed by atoms with Crippen LogP contribution in [0.15, 0.2) is 24.3 Å². The molecule has 0 radical (unpaired) electrons. The lowest BCUT2D eigenvalue weighted by Crippen LogP contribution is -2.32. The second-order valence-corrected chi connectivity index (χ2v) is 10.7. The van der Waals surface area contributed by atoms with E-state index in [1.54, 1.807) is 17.8 Å². The van der Waals surface area contributed by atoms with Crippen molar-refractivity contribution in [1.82, 2.24) is 4.90 Å². The summed E-state index contributed by atoms with van der Waals surface area (Å²) in [4.78, 5) is 14.5. The Kier molecular flexibility index (Phi) is 7.87. The van der Waals surface area contributed by atoms with E-state index < -0.39 is 0 Å². The summed E-state index contributed by atoms with van der Waals surface area (Å²) in [5.41, 5.74) is 0.786. The minimum atomic E-state index is -0.122. The zero-order chi connectivity index (χ0) is 17.5. The van der Waals surface area contributed by atoms with E-state index in [2.05, 4.69) is 0 Å². The van der Waals surface area contributed by atoms with Gasteiger partial charge in [-0.3, -0.25) is 4.79 Å². The molecule has 1 amide bonds. The number of unbranched alkanes of at least 4 members (excludes halogenated alkanes) is 1. The molecule has 6 heteroatoms. The lowest BCUT2D eigenvalue weighted by molar-refractivity contribution is -0.131. The van der Waals surface area contributed by atoms with Crippen molar-refractivity contribution in [1.29, 1.82) is 0 Å². The smallest absolute Gasteiger partial charge is 0.222 e. The zero-order valence-electron chi connectivity index (χ0n) is 14.5. The van der Waals surface area contributed by atoms with Crippen LogP contribution in [0.25, 0.3) is 0 Å². The molecule has 1 aromatic rings. The first-order valence-corrected chi connectivity index (χ1v) is 12.6. The molecule has 2 aliphatic rings. The summed E-state index contributed by atoms with van der Waals surface area (Å²) in [5.74, 6) is 2.33. The number of hydrogen-bond donors (Lipinski definition) is 0. The Hall–Kier alpha value is -0.330. The van der Waals surface area contributed by atoms with Gasteiger partial charge in [0.05, 0.1) is 0 Å². The molecule has 25 heavy (non-hydrogen) atoms. The Balaban J connectivity index is 1.41. The first-order valence-electron chi connectivity index (χ1n) is 9.16. The molecule has 2 atom stereocenters. The Morgan fingerprint density at radius 1 is 1.16 bits per heavy atom. The predicted molar refractivity (Wildman–Crippen MR) is 110 cm³/mol. The van der Waals surface area contributed by atoms with Gasteiger partial charge < -0.3 is 4.90 Å². The second-order valence-electron chi connectivity index (χ2n) is 6.63. The summed E-state index contributed by atoms with van der Waals surface area (Å²) in [6.07, 6.45) is 6.23. The third-order valence-corrected chi connectivity index (χ3v) is 9.16. The van der Waals surface area contributed by atoms with E-state index in [1.165, 1.54) is 24.7 Å². The van der Waals surface area contributed by atoms with Gasteiger partial charge in [-0.15, -0.1) is 0 Å². The van der Waals surface area contributed by atoms with Crippen LogP contribution in [-0.4, -0.2) is 40.7 Å². The Morgan fingerprint density at radius 3 is 2.84 bits per heavy atom. The lowest BCUT2D eigenvalue weighted by Gasteiger charge is -2.20. The maximum atomic E-state index is 14.0. The third kappa shape index (κ3) is 5.83. The average molecular weight is 400 g/mol. The van der Waals surface area contributed by atoms with Crippen LogP contribution >= 0.6 is 33.3 Å². The van der Waals surface area contributed by atoms with Crippen molar-refractivity contribution in [2.75, 3.05) is 24.6 Å². The maximum absolute atomic E-state index is 14.0. The van der Waals surface area contributed by atoms with Gasteiger partial charge in [-0.25, -0.2) is 4.39 Å². The highest BCUT2D eigenvalue weighted by molar-refractivity contribution is 8.77. The molecule has 1 aromatic carbocycles. The van der Waals surface area contributed by atoms with Crippen LogP contribution in [0.1, 0.15) is 49.3 Å². The van der Waals surface area contributed by atoms with Crippen molar-refractivity contribution in [2.45, 2.75) is 49.0 Å². The van der Waals surface area contributed by atoms with Crippen LogP contribution < -0.4 is 0 Å². The standard InChI is InChI=1S/C19H26FNOS3/c20-17-7-3-2-6-16(17)18-9-11-21(12-14-23-18)19(22)8-4-1-5-15-10-13-24-25-15/h2-3,6-7,15,18H,1,4-5,8-14H2. The third-order valence-electron chi connectivity index (χ3n) is 4.84. The summed E-state index contributed by atoms with van der Waals surface area (Å²) in [6, 6.07) is 7.04. The van der Waals surface area contributed by atoms with Crippen LogP contribution in [0.5, 0.6) is 0 Å². The fourth-order valence-electron chi connectivity index (χ4n) is 3.38. The number of rotatable bonds is 6. The monoisotopic (exact) mass is 399 g/mol. The minimum Gasteiger partial charge on any atom is -0.342 e. The molecule has 0 saturated carbocycles. The van der Waals surface area contributed by atoms with Crippen LogP contribution in [0, 0.1) is 5.82 Å². The van der Waals surface area contributed by atoms with Gasteiger partial charge in [0.1, 0.15) is 5.82 Å². The molecular formula is C19H26FNOS3. The van der Waals surface area contributed by atoms with E-state index in [4.69, 9.17) is 0 Å². The Labute approximate surface area is 162 Å². The number of halogens is 1. The first kappa shape index (κ1) is 19.4. The molecule has 0 aliphatic carbocycles. The number of carbonyl (C=O) groups is 1. The van der Waals surface area contributed by atoms with Gasteiger partial charge in [-0.1, -0.05) is 46.2 Å².